The lowest BCUT2D eigenvalue weighted by Crippen LogP contribution is -2.34. The van der Waals surface area contributed by atoms with E-state index in [-0.39, 0.29) is 22.8 Å². The molecule has 88 valence electrons. The van der Waals surface area contributed by atoms with Gasteiger partial charge in [0.05, 0.1) is 24.9 Å². The highest BCUT2D eigenvalue weighted by Crippen LogP contribution is 2.28. The monoisotopic (exact) mass is 250 g/mol. The van der Waals surface area contributed by atoms with Crippen LogP contribution in [0.3, 0.4) is 0 Å². The standard InChI is InChI=1S/C11H11ClN4O/c12-10-7-14-9(6-15-10)11(17)16(5-1-4-13)8-2-3-8/h6-8H,1-3,5H2. The Bertz CT molecular complexity index is 450. The zero-order chi connectivity index (χ0) is 12.3. The van der Waals surface area contributed by atoms with E-state index in [0.29, 0.717) is 13.0 Å². The fourth-order valence-electron chi connectivity index (χ4n) is 1.58. The summed E-state index contributed by atoms with van der Waals surface area (Å²) in [4.78, 5) is 21.6. The van der Waals surface area contributed by atoms with E-state index in [4.69, 9.17) is 16.9 Å². The number of hydrogen-bond acceptors (Lipinski definition) is 4. The van der Waals surface area contributed by atoms with Gasteiger partial charge in [0, 0.05) is 12.6 Å². The fraction of sp³-hybridized carbons (Fsp3) is 0.455. The molecule has 17 heavy (non-hydrogen) atoms. The van der Waals surface area contributed by atoms with Crippen LogP contribution in [0.25, 0.3) is 0 Å². The Balaban J connectivity index is 2.10. The second-order valence-corrected chi connectivity index (χ2v) is 4.25. The van der Waals surface area contributed by atoms with Gasteiger partial charge in [-0.25, -0.2) is 9.97 Å². The van der Waals surface area contributed by atoms with Crippen molar-refractivity contribution < 1.29 is 4.79 Å². The van der Waals surface area contributed by atoms with Crippen LogP contribution in [0, 0.1) is 11.3 Å². The highest BCUT2D eigenvalue weighted by atomic mass is 35.5. The molecule has 0 spiro atoms. The van der Waals surface area contributed by atoms with Crippen molar-refractivity contribution >= 4 is 17.5 Å². The number of amides is 1. The van der Waals surface area contributed by atoms with Gasteiger partial charge >= 0.3 is 0 Å². The van der Waals surface area contributed by atoms with Gasteiger partial charge in [-0.1, -0.05) is 11.6 Å². The molecule has 0 saturated heterocycles. The predicted molar refractivity (Wildman–Crippen MR) is 61.3 cm³/mol. The molecule has 0 aliphatic heterocycles. The Morgan fingerprint density at radius 3 is 2.82 bits per heavy atom. The number of carbonyl (C=O) groups excluding carboxylic acids is 1. The first-order chi connectivity index (χ1) is 8.22. The van der Waals surface area contributed by atoms with Crippen molar-refractivity contribution in [3.8, 4) is 6.07 Å². The van der Waals surface area contributed by atoms with Gasteiger partial charge < -0.3 is 4.90 Å². The van der Waals surface area contributed by atoms with Gasteiger partial charge in [0.1, 0.15) is 10.8 Å². The second-order valence-electron chi connectivity index (χ2n) is 3.86. The van der Waals surface area contributed by atoms with Gasteiger partial charge in [-0.2, -0.15) is 5.26 Å². The topological polar surface area (TPSA) is 69.9 Å². The molecular formula is C11H11ClN4O. The van der Waals surface area contributed by atoms with E-state index in [1.807, 2.05) is 6.07 Å². The molecule has 0 aromatic carbocycles. The van der Waals surface area contributed by atoms with Gasteiger partial charge in [-0.3, -0.25) is 4.79 Å². The minimum atomic E-state index is -0.174. The van der Waals surface area contributed by atoms with Gasteiger partial charge in [-0.15, -0.1) is 0 Å². The molecule has 0 N–H and O–H groups in total. The highest BCUT2D eigenvalue weighted by molar-refractivity contribution is 6.29. The van der Waals surface area contributed by atoms with Crippen LogP contribution >= 0.6 is 11.6 Å². The van der Waals surface area contributed by atoms with Crippen LogP contribution in [0.2, 0.25) is 5.15 Å². The number of nitriles is 1. The molecule has 5 nitrogen and oxygen atoms in total. The minimum absolute atomic E-state index is 0.174. The Hall–Kier alpha value is -1.67. The van der Waals surface area contributed by atoms with E-state index >= 15 is 0 Å². The van der Waals surface area contributed by atoms with Crippen LogP contribution in [0.5, 0.6) is 0 Å². The number of halogens is 1. The van der Waals surface area contributed by atoms with Crippen molar-refractivity contribution in [1.82, 2.24) is 14.9 Å². The van der Waals surface area contributed by atoms with Crippen molar-refractivity contribution in [2.75, 3.05) is 6.54 Å². The minimum Gasteiger partial charge on any atom is -0.333 e. The summed E-state index contributed by atoms with van der Waals surface area (Å²) in [5.74, 6) is -0.174. The van der Waals surface area contributed by atoms with Gasteiger partial charge in [-0.05, 0) is 12.8 Å². The quantitative estimate of drug-likeness (QED) is 0.815. The molecular weight excluding hydrogens is 240 g/mol. The number of nitrogens with zero attached hydrogens (tertiary/aromatic N) is 4. The lowest BCUT2D eigenvalue weighted by molar-refractivity contribution is 0.0740. The lowest BCUT2D eigenvalue weighted by Gasteiger charge is -2.20. The van der Waals surface area contributed by atoms with E-state index in [9.17, 15) is 4.79 Å². The van der Waals surface area contributed by atoms with Gasteiger partial charge in [0.2, 0.25) is 0 Å². The van der Waals surface area contributed by atoms with Crippen LogP contribution < -0.4 is 0 Å². The number of carbonyl (C=O) groups is 1. The van der Waals surface area contributed by atoms with Crippen molar-refractivity contribution in [2.45, 2.75) is 25.3 Å². The molecule has 1 aliphatic carbocycles. The zero-order valence-electron chi connectivity index (χ0n) is 9.14. The lowest BCUT2D eigenvalue weighted by atomic mass is 10.3. The van der Waals surface area contributed by atoms with Crippen LogP contribution in [0.1, 0.15) is 29.8 Å². The van der Waals surface area contributed by atoms with Crippen molar-refractivity contribution in [3.63, 3.8) is 0 Å². The van der Waals surface area contributed by atoms with Crippen LogP contribution in [0.15, 0.2) is 12.4 Å². The first-order valence-electron chi connectivity index (χ1n) is 5.38. The average molecular weight is 251 g/mol. The maximum absolute atomic E-state index is 12.1. The Labute approximate surface area is 104 Å². The molecule has 0 unspecified atom stereocenters. The van der Waals surface area contributed by atoms with Crippen LogP contribution in [-0.4, -0.2) is 33.4 Å². The Morgan fingerprint density at radius 1 is 1.53 bits per heavy atom. The summed E-state index contributed by atoms with van der Waals surface area (Å²) < 4.78 is 0. The second kappa shape index (κ2) is 5.11. The fourth-order valence-corrected chi connectivity index (χ4v) is 1.67. The summed E-state index contributed by atoms with van der Waals surface area (Å²) in [6, 6.07) is 2.30. The number of rotatable bonds is 4. The molecule has 1 amide bonds. The van der Waals surface area contributed by atoms with Crippen LogP contribution in [-0.2, 0) is 0 Å². The molecule has 2 rings (SSSR count). The van der Waals surface area contributed by atoms with Crippen molar-refractivity contribution in [2.24, 2.45) is 0 Å². The van der Waals surface area contributed by atoms with E-state index in [1.165, 1.54) is 12.4 Å². The summed E-state index contributed by atoms with van der Waals surface area (Å²) in [5, 5.41) is 8.83. The maximum atomic E-state index is 12.1. The molecule has 1 heterocycles. The summed E-state index contributed by atoms with van der Waals surface area (Å²) in [5.41, 5.74) is 0.277. The van der Waals surface area contributed by atoms with Gasteiger partial charge in [0.25, 0.3) is 5.91 Å². The van der Waals surface area contributed by atoms with E-state index in [0.717, 1.165) is 12.8 Å². The van der Waals surface area contributed by atoms with E-state index < -0.39 is 0 Å². The third-order valence-corrected chi connectivity index (χ3v) is 2.75. The SMILES string of the molecule is N#CCCN(C(=O)c1cnc(Cl)cn1)C1CC1. The molecule has 1 aromatic heterocycles. The molecule has 6 heteroatoms. The number of hydrogen-bond donors (Lipinski definition) is 0. The summed E-state index contributed by atoms with van der Waals surface area (Å²) in [7, 11) is 0. The predicted octanol–water partition coefficient (Wildman–Crippen LogP) is 1.65. The normalized spacial score (nSPS) is 14.1. The van der Waals surface area contributed by atoms with Gasteiger partial charge in [0.15, 0.2) is 0 Å². The zero-order valence-corrected chi connectivity index (χ0v) is 9.89. The van der Waals surface area contributed by atoms with E-state index in [2.05, 4.69) is 9.97 Å². The molecule has 0 radical (unpaired) electrons. The Kier molecular flexibility index (Phi) is 3.55. The maximum Gasteiger partial charge on any atom is 0.274 e. The summed E-state index contributed by atoms with van der Waals surface area (Å²) in [6.07, 6.45) is 5.05. The first-order valence-corrected chi connectivity index (χ1v) is 5.75. The van der Waals surface area contributed by atoms with Crippen LogP contribution in [0.4, 0.5) is 0 Å². The molecule has 0 atom stereocenters. The average Bonchev–Trinajstić information content (AvgIpc) is 3.14. The largest absolute Gasteiger partial charge is 0.333 e. The third-order valence-electron chi connectivity index (χ3n) is 2.55. The summed E-state index contributed by atoms with van der Waals surface area (Å²) in [6.45, 7) is 0.449. The molecule has 1 aliphatic rings. The van der Waals surface area contributed by atoms with Crippen molar-refractivity contribution in [3.05, 3.63) is 23.2 Å². The summed E-state index contributed by atoms with van der Waals surface area (Å²) >= 11 is 5.61. The van der Waals surface area contributed by atoms with E-state index in [1.54, 1.807) is 4.90 Å². The molecule has 0 bridgehead atoms. The Morgan fingerprint density at radius 2 is 2.29 bits per heavy atom. The van der Waals surface area contributed by atoms with Crippen molar-refractivity contribution in [1.29, 1.82) is 5.26 Å². The molecule has 1 fully saturated rings. The molecule has 1 aromatic rings. The smallest absolute Gasteiger partial charge is 0.274 e. The highest BCUT2D eigenvalue weighted by Gasteiger charge is 2.33. The molecule has 1 saturated carbocycles. The third kappa shape index (κ3) is 2.92. The number of aromatic nitrogens is 2. The first kappa shape index (κ1) is 11.8.